The molecule has 31 heavy (non-hydrogen) atoms. The van der Waals surface area contributed by atoms with Crippen LogP contribution in [0.1, 0.15) is 35.0 Å². The van der Waals surface area contributed by atoms with Gasteiger partial charge < -0.3 is 19.2 Å². The molecule has 2 aromatic carbocycles. The predicted octanol–water partition coefficient (Wildman–Crippen LogP) is 4.09. The highest BCUT2D eigenvalue weighted by Crippen LogP contribution is 2.23. The van der Waals surface area contributed by atoms with Crippen LogP contribution in [0.5, 0.6) is 0 Å². The molecule has 4 rings (SSSR count). The van der Waals surface area contributed by atoms with E-state index in [4.69, 9.17) is 13.9 Å². The molecule has 2 atom stereocenters. The summed E-state index contributed by atoms with van der Waals surface area (Å²) >= 11 is 0. The van der Waals surface area contributed by atoms with E-state index >= 15 is 0 Å². The van der Waals surface area contributed by atoms with E-state index < -0.39 is 5.97 Å². The number of furan rings is 1. The third-order valence-corrected chi connectivity index (χ3v) is 5.25. The smallest absolute Gasteiger partial charge is 0.374 e. The topological polar surface area (TPSA) is 77.8 Å². The first kappa shape index (κ1) is 23.0. The molecule has 1 aliphatic heterocycles. The van der Waals surface area contributed by atoms with Gasteiger partial charge in [-0.15, -0.1) is 12.4 Å². The van der Waals surface area contributed by atoms with Gasteiger partial charge in [0.05, 0.1) is 25.4 Å². The van der Waals surface area contributed by atoms with Crippen LogP contribution in [0.4, 0.5) is 0 Å². The Labute approximate surface area is 187 Å². The van der Waals surface area contributed by atoms with Crippen LogP contribution in [0.15, 0.2) is 59.0 Å². The fourth-order valence-electron chi connectivity index (χ4n) is 3.77. The summed E-state index contributed by atoms with van der Waals surface area (Å²) in [6.45, 7) is 3.30. The summed E-state index contributed by atoms with van der Waals surface area (Å²) in [7, 11) is 0. The number of esters is 1. The summed E-state index contributed by atoms with van der Waals surface area (Å²) in [5, 5.41) is 4.06. The van der Waals surface area contributed by atoms with Gasteiger partial charge in [0.25, 0.3) is 0 Å². The maximum atomic E-state index is 12.9. The molecule has 3 aromatic rings. The second kappa shape index (κ2) is 10.6. The number of Topliss-reactive ketones (excluding diaryl/α,β-unsaturated/α-hetero) is 1. The first-order chi connectivity index (χ1) is 14.6. The van der Waals surface area contributed by atoms with E-state index in [1.165, 1.54) is 0 Å². The molecule has 1 fully saturated rings. The standard InChI is InChI=1S/C24H25NO5.ClH/c1-2-28-24(27)22-14-18-12-17(8-9-20(18)30-22)13-19(26)23-21(10-11-25-23)29-15-16-6-4-3-5-7-16;/h3-9,12,14,21,23,25H,2,10-11,13,15H2,1H3;1H/t21-,23-;/m1./s1. The molecule has 164 valence electrons. The van der Waals surface area contributed by atoms with Gasteiger partial charge in [0.2, 0.25) is 5.76 Å². The van der Waals surface area contributed by atoms with Crippen LogP contribution in [0, 0.1) is 0 Å². The van der Waals surface area contributed by atoms with E-state index in [-0.39, 0.29) is 42.7 Å². The average molecular weight is 444 g/mol. The van der Waals surface area contributed by atoms with Gasteiger partial charge in [-0.25, -0.2) is 4.79 Å². The normalized spacial score (nSPS) is 18.0. The van der Waals surface area contributed by atoms with E-state index in [0.29, 0.717) is 18.6 Å². The number of carbonyl (C=O) groups excluding carboxylic acids is 2. The minimum Gasteiger partial charge on any atom is -0.460 e. The van der Waals surface area contributed by atoms with Crippen molar-refractivity contribution in [1.82, 2.24) is 5.32 Å². The molecule has 6 nitrogen and oxygen atoms in total. The van der Waals surface area contributed by atoms with Crippen LogP contribution in [0.25, 0.3) is 11.0 Å². The summed E-state index contributed by atoms with van der Waals surface area (Å²) in [6, 6.07) is 16.8. The zero-order chi connectivity index (χ0) is 20.9. The summed E-state index contributed by atoms with van der Waals surface area (Å²) in [5.41, 5.74) is 2.56. The molecule has 0 aliphatic carbocycles. The monoisotopic (exact) mass is 443 g/mol. The Morgan fingerprint density at radius 1 is 1.10 bits per heavy atom. The summed E-state index contributed by atoms with van der Waals surface area (Å²) in [6.07, 6.45) is 0.969. The van der Waals surface area contributed by atoms with Crippen molar-refractivity contribution < 1.29 is 23.5 Å². The van der Waals surface area contributed by atoms with Gasteiger partial charge in [0.15, 0.2) is 5.78 Å². The Kier molecular flexibility index (Phi) is 7.85. The molecule has 1 saturated heterocycles. The van der Waals surface area contributed by atoms with Crippen molar-refractivity contribution in [2.75, 3.05) is 13.2 Å². The van der Waals surface area contributed by atoms with Gasteiger partial charge in [-0.3, -0.25) is 4.79 Å². The number of carbonyl (C=O) groups is 2. The van der Waals surface area contributed by atoms with Crippen molar-refractivity contribution in [3.63, 3.8) is 0 Å². The lowest BCUT2D eigenvalue weighted by atomic mass is 10.00. The van der Waals surface area contributed by atoms with Crippen LogP contribution in [-0.4, -0.2) is 37.0 Å². The molecule has 1 aromatic heterocycles. The number of ketones is 1. The second-order valence-corrected chi connectivity index (χ2v) is 7.40. The number of halogens is 1. The van der Waals surface area contributed by atoms with E-state index in [1.54, 1.807) is 19.1 Å². The van der Waals surface area contributed by atoms with Gasteiger partial charge in [0, 0.05) is 11.8 Å². The van der Waals surface area contributed by atoms with Crippen LogP contribution >= 0.6 is 12.4 Å². The van der Waals surface area contributed by atoms with Gasteiger partial charge in [-0.1, -0.05) is 36.4 Å². The third-order valence-electron chi connectivity index (χ3n) is 5.25. The number of hydrogen-bond donors (Lipinski definition) is 1. The van der Waals surface area contributed by atoms with Gasteiger partial charge in [-0.2, -0.15) is 0 Å². The van der Waals surface area contributed by atoms with Crippen LogP contribution in [0.2, 0.25) is 0 Å². The Balaban J connectivity index is 0.00000272. The molecule has 0 spiro atoms. The van der Waals surface area contributed by atoms with Crippen LogP contribution < -0.4 is 5.32 Å². The summed E-state index contributed by atoms with van der Waals surface area (Å²) < 4.78 is 16.6. The zero-order valence-corrected chi connectivity index (χ0v) is 18.2. The van der Waals surface area contributed by atoms with E-state index in [2.05, 4.69) is 5.32 Å². The molecule has 1 aliphatic rings. The fourth-order valence-corrected chi connectivity index (χ4v) is 3.77. The van der Waals surface area contributed by atoms with E-state index in [0.717, 1.165) is 29.5 Å². The molecule has 0 saturated carbocycles. The summed E-state index contributed by atoms with van der Waals surface area (Å²) in [5.74, 6) is -0.221. The number of hydrogen-bond acceptors (Lipinski definition) is 6. The maximum absolute atomic E-state index is 12.9. The first-order valence-corrected chi connectivity index (χ1v) is 10.2. The second-order valence-electron chi connectivity index (χ2n) is 7.40. The highest BCUT2D eigenvalue weighted by Gasteiger charge is 2.33. The molecular formula is C24H26ClNO5. The molecule has 0 amide bonds. The minimum atomic E-state index is -0.486. The highest BCUT2D eigenvalue weighted by molar-refractivity contribution is 5.93. The van der Waals surface area contributed by atoms with Crippen molar-refractivity contribution in [3.8, 4) is 0 Å². The lowest BCUT2D eigenvalue weighted by Crippen LogP contribution is -2.40. The zero-order valence-electron chi connectivity index (χ0n) is 17.3. The third kappa shape index (κ3) is 5.53. The van der Waals surface area contributed by atoms with E-state index in [1.807, 2.05) is 42.5 Å². The predicted molar refractivity (Wildman–Crippen MR) is 120 cm³/mol. The SMILES string of the molecule is CCOC(=O)c1cc2cc(CC(=O)[C@H]3NCC[C@H]3OCc3ccccc3)ccc2o1.Cl. The van der Waals surface area contributed by atoms with Crippen molar-refractivity contribution >= 4 is 35.1 Å². The molecule has 0 radical (unpaired) electrons. The molecule has 7 heteroatoms. The maximum Gasteiger partial charge on any atom is 0.374 e. The molecule has 2 heterocycles. The lowest BCUT2D eigenvalue weighted by Gasteiger charge is -2.19. The Morgan fingerprint density at radius 2 is 1.90 bits per heavy atom. The van der Waals surface area contributed by atoms with Crippen molar-refractivity contribution in [2.45, 2.75) is 38.5 Å². The number of rotatable bonds is 8. The summed E-state index contributed by atoms with van der Waals surface area (Å²) in [4.78, 5) is 24.8. The van der Waals surface area contributed by atoms with Crippen molar-refractivity contribution in [2.24, 2.45) is 0 Å². The average Bonchev–Trinajstić information content (AvgIpc) is 3.40. The highest BCUT2D eigenvalue weighted by atomic mass is 35.5. The molecule has 0 bridgehead atoms. The van der Waals surface area contributed by atoms with Gasteiger partial charge in [-0.05, 0) is 49.2 Å². The van der Waals surface area contributed by atoms with Crippen LogP contribution in [0.3, 0.4) is 0 Å². The number of benzene rings is 2. The van der Waals surface area contributed by atoms with Crippen molar-refractivity contribution in [3.05, 3.63) is 71.5 Å². The van der Waals surface area contributed by atoms with Gasteiger partial charge in [0.1, 0.15) is 5.58 Å². The number of ether oxygens (including phenoxy) is 2. The van der Waals surface area contributed by atoms with Crippen molar-refractivity contribution in [1.29, 1.82) is 0 Å². The minimum absolute atomic E-state index is 0. The first-order valence-electron chi connectivity index (χ1n) is 10.2. The number of nitrogens with one attached hydrogen (secondary N) is 1. The van der Waals surface area contributed by atoms with Crippen LogP contribution in [-0.2, 0) is 27.3 Å². The fraction of sp³-hybridized carbons (Fsp3) is 0.333. The molecular weight excluding hydrogens is 418 g/mol. The lowest BCUT2D eigenvalue weighted by molar-refractivity contribution is -0.123. The largest absolute Gasteiger partial charge is 0.460 e. The molecule has 1 N–H and O–H groups in total. The van der Waals surface area contributed by atoms with Gasteiger partial charge >= 0.3 is 5.97 Å². The quantitative estimate of drug-likeness (QED) is 0.528. The number of fused-ring (bicyclic) bond motifs is 1. The Bertz CT molecular complexity index is 1030. The Morgan fingerprint density at radius 3 is 2.68 bits per heavy atom. The molecule has 0 unspecified atom stereocenters. The van der Waals surface area contributed by atoms with E-state index in [9.17, 15) is 9.59 Å². The Hall–Kier alpha value is -2.67.